The summed E-state index contributed by atoms with van der Waals surface area (Å²) in [5.74, 6) is 0.903. The average molecular weight is 263 g/mol. The van der Waals surface area contributed by atoms with Gasteiger partial charge in [0, 0.05) is 12.6 Å². The molecule has 0 saturated heterocycles. The van der Waals surface area contributed by atoms with Gasteiger partial charge in [0.1, 0.15) is 5.75 Å². The SMILES string of the molecule is CC1CCCC(O)(CNC(C)c2ccc(O)cc2)C1. The van der Waals surface area contributed by atoms with E-state index in [4.69, 9.17) is 0 Å². The first-order chi connectivity index (χ1) is 8.98. The maximum absolute atomic E-state index is 10.6. The molecule has 19 heavy (non-hydrogen) atoms. The van der Waals surface area contributed by atoms with E-state index in [2.05, 4.69) is 19.2 Å². The smallest absolute Gasteiger partial charge is 0.115 e. The van der Waals surface area contributed by atoms with E-state index in [-0.39, 0.29) is 11.8 Å². The van der Waals surface area contributed by atoms with Crippen LogP contribution < -0.4 is 5.32 Å². The zero-order chi connectivity index (χ0) is 13.9. The van der Waals surface area contributed by atoms with Crippen molar-refractivity contribution in [1.82, 2.24) is 5.32 Å². The van der Waals surface area contributed by atoms with Crippen LogP contribution in [0.25, 0.3) is 0 Å². The van der Waals surface area contributed by atoms with Crippen molar-refractivity contribution in [2.24, 2.45) is 5.92 Å². The van der Waals surface area contributed by atoms with Gasteiger partial charge in [-0.2, -0.15) is 0 Å². The molecule has 0 radical (unpaired) electrons. The van der Waals surface area contributed by atoms with Crippen LogP contribution in [0.1, 0.15) is 51.1 Å². The quantitative estimate of drug-likeness (QED) is 0.782. The van der Waals surface area contributed by atoms with E-state index < -0.39 is 5.60 Å². The van der Waals surface area contributed by atoms with E-state index >= 15 is 0 Å². The van der Waals surface area contributed by atoms with Crippen LogP contribution in [0.15, 0.2) is 24.3 Å². The first-order valence-electron chi connectivity index (χ1n) is 7.23. The molecule has 0 aliphatic heterocycles. The lowest BCUT2D eigenvalue weighted by Gasteiger charge is -2.36. The molecule has 106 valence electrons. The topological polar surface area (TPSA) is 52.5 Å². The van der Waals surface area contributed by atoms with Crippen molar-refractivity contribution in [3.8, 4) is 5.75 Å². The molecule has 3 unspecified atom stereocenters. The third-order valence-corrected chi connectivity index (χ3v) is 4.20. The molecule has 0 amide bonds. The number of benzene rings is 1. The number of aromatic hydroxyl groups is 1. The van der Waals surface area contributed by atoms with Gasteiger partial charge in [0.15, 0.2) is 0 Å². The molecule has 3 heteroatoms. The number of hydrogen-bond donors (Lipinski definition) is 3. The maximum atomic E-state index is 10.6. The molecule has 1 aromatic rings. The van der Waals surface area contributed by atoms with Gasteiger partial charge >= 0.3 is 0 Å². The van der Waals surface area contributed by atoms with Crippen LogP contribution in [-0.4, -0.2) is 22.4 Å². The van der Waals surface area contributed by atoms with Gasteiger partial charge in [0.2, 0.25) is 0 Å². The van der Waals surface area contributed by atoms with Gasteiger partial charge in [-0.25, -0.2) is 0 Å². The summed E-state index contributed by atoms with van der Waals surface area (Å²) in [5, 5.41) is 23.3. The predicted octanol–water partition coefficient (Wildman–Crippen LogP) is 2.98. The van der Waals surface area contributed by atoms with E-state index in [9.17, 15) is 10.2 Å². The lowest BCUT2D eigenvalue weighted by Crippen LogP contribution is -2.44. The van der Waals surface area contributed by atoms with E-state index in [1.165, 1.54) is 6.42 Å². The highest BCUT2D eigenvalue weighted by Crippen LogP contribution is 2.32. The molecule has 3 nitrogen and oxygen atoms in total. The fourth-order valence-corrected chi connectivity index (χ4v) is 3.02. The summed E-state index contributed by atoms with van der Waals surface area (Å²) in [6.45, 7) is 4.94. The first-order valence-corrected chi connectivity index (χ1v) is 7.23. The Hall–Kier alpha value is -1.06. The average Bonchev–Trinajstić information content (AvgIpc) is 2.37. The Balaban J connectivity index is 1.89. The summed E-state index contributed by atoms with van der Waals surface area (Å²) >= 11 is 0. The monoisotopic (exact) mass is 263 g/mol. The number of phenolic OH excluding ortho intramolecular Hbond substituents is 1. The molecule has 1 fully saturated rings. The summed E-state index contributed by atoms with van der Waals surface area (Å²) in [4.78, 5) is 0. The van der Waals surface area contributed by atoms with Gasteiger partial charge in [-0.1, -0.05) is 31.9 Å². The van der Waals surface area contributed by atoms with Gasteiger partial charge in [-0.15, -0.1) is 0 Å². The highest BCUT2D eigenvalue weighted by Gasteiger charge is 2.32. The summed E-state index contributed by atoms with van der Waals surface area (Å²) in [5.41, 5.74) is 0.577. The van der Waals surface area contributed by atoms with Gasteiger partial charge in [0.05, 0.1) is 5.60 Å². The van der Waals surface area contributed by atoms with Crippen LogP contribution >= 0.6 is 0 Å². The fraction of sp³-hybridized carbons (Fsp3) is 0.625. The Labute approximate surface area is 115 Å². The van der Waals surface area contributed by atoms with Crippen molar-refractivity contribution in [1.29, 1.82) is 0 Å². The van der Waals surface area contributed by atoms with Crippen LogP contribution in [0.3, 0.4) is 0 Å². The third-order valence-electron chi connectivity index (χ3n) is 4.20. The van der Waals surface area contributed by atoms with E-state index in [0.717, 1.165) is 24.8 Å². The molecule has 0 heterocycles. The van der Waals surface area contributed by atoms with Crippen molar-refractivity contribution in [2.75, 3.05) is 6.54 Å². The van der Waals surface area contributed by atoms with Crippen LogP contribution in [0, 0.1) is 5.92 Å². The third kappa shape index (κ3) is 3.95. The van der Waals surface area contributed by atoms with Gasteiger partial charge in [0.25, 0.3) is 0 Å². The van der Waals surface area contributed by atoms with Crippen molar-refractivity contribution in [3.05, 3.63) is 29.8 Å². The van der Waals surface area contributed by atoms with Crippen molar-refractivity contribution in [2.45, 2.75) is 51.2 Å². The summed E-state index contributed by atoms with van der Waals surface area (Å²) in [7, 11) is 0. The highest BCUT2D eigenvalue weighted by molar-refractivity contribution is 5.27. The second-order valence-corrected chi connectivity index (χ2v) is 6.12. The zero-order valence-corrected chi connectivity index (χ0v) is 11.9. The van der Waals surface area contributed by atoms with Crippen molar-refractivity contribution >= 4 is 0 Å². The molecule has 3 N–H and O–H groups in total. The molecule has 3 atom stereocenters. The molecular weight excluding hydrogens is 238 g/mol. The minimum Gasteiger partial charge on any atom is -0.508 e. The Kier molecular flexibility index (Phi) is 4.48. The van der Waals surface area contributed by atoms with E-state index in [1.807, 2.05) is 12.1 Å². The largest absolute Gasteiger partial charge is 0.508 e. The zero-order valence-electron chi connectivity index (χ0n) is 11.9. The summed E-state index contributed by atoms with van der Waals surface area (Å²) < 4.78 is 0. The van der Waals surface area contributed by atoms with E-state index in [0.29, 0.717) is 12.5 Å². The Morgan fingerprint density at radius 2 is 2.05 bits per heavy atom. The first kappa shape index (κ1) is 14.4. The molecular formula is C16H25NO2. The number of phenols is 1. The van der Waals surface area contributed by atoms with Gasteiger partial charge in [-0.05, 0) is 43.4 Å². The summed E-state index contributed by atoms with van der Waals surface area (Å²) in [6, 6.07) is 7.42. The Bertz CT molecular complexity index is 404. The lowest BCUT2D eigenvalue weighted by molar-refractivity contribution is -0.0134. The van der Waals surface area contributed by atoms with Gasteiger partial charge < -0.3 is 15.5 Å². The standard InChI is InChI=1S/C16H25NO2/c1-12-4-3-9-16(19,10-12)11-17-13(2)14-5-7-15(18)8-6-14/h5-8,12-13,17-19H,3-4,9-11H2,1-2H3. The predicted molar refractivity (Wildman–Crippen MR) is 77.1 cm³/mol. The number of nitrogens with one attached hydrogen (secondary N) is 1. The van der Waals surface area contributed by atoms with Crippen LogP contribution in [0.5, 0.6) is 5.75 Å². The van der Waals surface area contributed by atoms with Crippen molar-refractivity contribution in [3.63, 3.8) is 0 Å². The molecule has 0 bridgehead atoms. The fourth-order valence-electron chi connectivity index (χ4n) is 3.02. The lowest BCUT2D eigenvalue weighted by atomic mass is 9.79. The molecule has 2 rings (SSSR count). The van der Waals surface area contributed by atoms with E-state index in [1.54, 1.807) is 12.1 Å². The van der Waals surface area contributed by atoms with Crippen molar-refractivity contribution < 1.29 is 10.2 Å². The number of aliphatic hydroxyl groups is 1. The van der Waals surface area contributed by atoms with Crippen LogP contribution in [0.4, 0.5) is 0 Å². The second kappa shape index (κ2) is 5.93. The normalized spacial score (nSPS) is 29.1. The van der Waals surface area contributed by atoms with Crippen LogP contribution in [-0.2, 0) is 0 Å². The molecule has 1 aliphatic carbocycles. The number of rotatable bonds is 4. The molecule has 1 saturated carbocycles. The molecule has 1 aromatic carbocycles. The minimum absolute atomic E-state index is 0.182. The molecule has 0 aromatic heterocycles. The highest BCUT2D eigenvalue weighted by atomic mass is 16.3. The minimum atomic E-state index is -0.553. The summed E-state index contributed by atoms with van der Waals surface area (Å²) in [6.07, 6.45) is 4.14. The molecule has 0 spiro atoms. The maximum Gasteiger partial charge on any atom is 0.115 e. The number of hydrogen-bond acceptors (Lipinski definition) is 3. The Morgan fingerprint density at radius 3 is 2.68 bits per heavy atom. The van der Waals surface area contributed by atoms with Crippen LogP contribution in [0.2, 0.25) is 0 Å². The molecule has 1 aliphatic rings. The Morgan fingerprint density at radius 1 is 1.37 bits per heavy atom. The second-order valence-electron chi connectivity index (χ2n) is 6.12. The van der Waals surface area contributed by atoms with Gasteiger partial charge in [-0.3, -0.25) is 0 Å².